The molecule has 1 saturated heterocycles. The zero-order valence-corrected chi connectivity index (χ0v) is 13.3. The Morgan fingerprint density at radius 2 is 2.24 bits per heavy atom. The monoisotopic (exact) mass is 290 g/mol. The van der Waals surface area contributed by atoms with Crippen LogP contribution in [0.5, 0.6) is 0 Å². The maximum absolute atomic E-state index is 12.5. The van der Waals surface area contributed by atoms with Gasteiger partial charge in [0, 0.05) is 30.9 Å². The molecule has 1 unspecified atom stereocenters. The smallest absolute Gasteiger partial charge is 0.251 e. The first-order valence-electron chi connectivity index (χ1n) is 7.88. The number of likely N-dealkylation sites (tertiary alicyclic amines) is 1. The van der Waals surface area contributed by atoms with Crippen molar-refractivity contribution in [3.8, 4) is 0 Å². The van der Waals surface area contributed by atoms with Crippen molar-refractivity contribution in [1.29, 1.82) is 0 Å². The molecule has 1 atom stereocenters. The Balaban J connectivity index is 2.05. The van der Waals surface area contributed by atoms with E-state index in [1.54, 1.807) is 0 Å². The molecule has 0 saturated carbocycles. The van der Waals surface area contributed by atoms with Crippen LogP contribution in [0.2, 0.25) is 0 Å². The second-order valence-electron chi connectivity index (χ2n) is 5.54. The van der Waals surface area contributed by atoms with Gasteiger partial charge in [0.05, 0.1) is 0 Å². The number of amides is 1. The predicted molar refractivity (Wildman–Crippen MR) is 85.8 cm³/mol. The minimum Gasteiger partial charge on any atom is -0.373 e. The van der Waals surface area contributed by atoms with E-state index in [1.807, 2.05) is 26.1 Å². The third kappa shape index (κ3) is 4.17. The first kappa shape index (κ1) is 15.8. The summed E-state index contributed by atoms with van der Waals surface area (Å²) in [5, 5.41) is 6.18. The van der Waals surface area contributed by atoms with E-state index in [1.165, 1.54) is 0 Å². The van der Waals surface area contributed by atoms with Crippen LogP contribution in [0.4, 0.5) is 5.82 Å². The van der Waals surface area contributed by atoms with Crippen LogP contribution >= 0.6 is 0 Å². The Kier molecular flexibility index (Phi) is 5.56. The van der Waals surface area contributed by atoms with Crippen molar-refractivity contribution >= 4 is 11.7 Å². The van der Waals surface area contributed by atoms with Crippen LogP contribution in [-0.2, 0) is 6.42 Å². The minimum absolute atomic E-state index is 0.00607. The number of rotatable bonds is 5. The summed E-state index contributed by atoms with van der Waals surface area (Å²) in [5.74, 6) is 0.755. The number of nitrogens with one attached hydrogen (secondary N) is 2. The molecule has 0 aromatic carbocycles. The van der Waals surface area contributed by atoms with E-state index in [9.17, 15) is 4.79 Å². The SMILES string of the molecule is CCc1cc(C(=O)NC2CCCN(CC)C2)cc(NC)n1. The lowest BCUT2D eigenvalue weighted by molar-refractivity contribution is 0.0905. The van der Waals surface area contributed by atoms with E-state index < -0.39 is 0 Å². The van der Waals surface area contributed by atoms with Gasteiger partial charge in [0.25, 0.3) is 5.91 Å². The number of aromatic nitrogens is 1. The summed E-state index contributed by atoms with van der Waals surface area (Å²) in [6.07, 6.45) is 3.03. The molecule has 1 aliphatic rings. The summed E-state index contributed by atoms with van der Waals surface area (Å²) in [4.78, 5) is 19.3. The fraction of sp³-hybridized carbons (Fsp3) is 0.625. The number of likely N-dealkylation sites (N-methyl/N-ethyl adjacent to an activating group) is 1. The predicted octanol–water partition coefficient (Wildman–Crippen LogP) is 1.90. The number of aryl methyl sites for hydroxylation is 1. The molecule has 0 aliphatic carbocycles. The van der Waals surface area contributed by atoms with Crippen molar-refractivity contribution in [3.63, 3.8) is 0 Å². The van der Waals surface area contributed by atoms with Crippen LogP contribution in [0.3, 0.4) is 0 Å². The average Bonchev–Trinajstić information content (AvgIpc) is 2.54. The van der Waals surface area contributed by atoms with Gasteiger partial charge in [-0.25, -0.2) is 4.98 Å². The van der Waals surface area contributed by atoms with Crippen molar-refractivity contribution in [1.82, 2.24) is 15.2 Å². The Bertz CT molecular complexity index is 467. The first-order chi connectivity index (χ1) is 10.2. The van der Waals surface area contributed by atoms with Crippen LogP contribution < -0.4 is 10.6 Å². The van der Waals surface area contributed by atoms with Crippen molar-refractivity contribution in [2.24, 2.45) is 0 Å². The lowest BCUT2D eigenvalue weighted by Crippen LogP contribution is -2.47. The van der Waals surface area contributed by atoms with E-state index in [2.05, 4.69) is 27.4 Å². The molecule has 0 radical (unpaired) electrons. The molecule has 2 rings (SSSR count). The number of hydrogen-bond acceptors (Lipinski definition) is 4. The number of hydrogen-bond donors (Lipinski definition) is 2. The van der Waals surface area contributed by atoms with Gasteiger partial charge >= 0.3 is 0 Å². The third-order valence-corrected chi connectivity index (χ3v) is 4.05. The van der Waals surface area contributed by atoms with Crippen LogP contribution in [0.1, 0.15) is 42.7 Å². The third-order valence-electron chi connectivity index (χ3n) is 4.05. The molecule has 0 bridgehead atoms. The lowest BCUT2D eigenvalue weighted by atomic mass is 10.0. The van der Waals surface area contributed by atoms with Gasteiger partial charge in [-0.15, -0.1) is 0 Å². The van der Waals surface area contributed by atoms with Crippen molar-refractivity contribution in [3.05, 3.63) is 23.4 Å². The zero-order valence-electron chi connectivity index (χ0n) is 13.3. The standard InChI is InChI=1S/C16H26N4O/c1-4-13-9-12(10-15(17-3)18-13)16(21)19-14-7-6-8-20(5-2)11-14/h9-10,14H,4-8,11H2,1-3H3,(H,17,18)(H,19,21). The van der Waals surface area contributed by atoms with Crippen LogP contribution in [0, 0.1) is 0 Å². The molecule has 1 fully saturated rings. The fourth-order valence-corrected chi connectivity index (χ4v) is 2.76. The molecule has 2 N–H and O–H groups in total. The second kappa shape index (κ2) is 7.41. The Hall–Kier alpha value is -1.62. The summed E-state index contributed by atoms with van der Waals surface area (Å²) in [6.45, 7) is 7.35. The molecular weight excluding hydrogens is 264 g/mol. The highest BCUT2D eigenvalue weighted by atomic mass is 16.1. The Morgan fingerprint density at radius 1 is 1.43 bits per heavy atom. The normalized spacial score (nSPS) is 19.3. The van der Waals surface area contributed by atoms with Crippen molar-refractivity contribution < 1.29 is 4.79 Å². The summed E-state index contributed by atoms with van der Waals surface area (Å²) in [7, 11) is 1.82. The largest absolute Gasteiger partial charge is 0.373 e. The first-order valence-corrected chi connectivity index (χ1v) is 7.88. The summed E-state index contributed by atoms with van der Waals surface area (Å²) in [5.41, 5.74) is 1.63. The molecule has 1 aliphatic heterocycles. The summed E-state index contributed by atoms with van der Waals surface area (Å²) < 4.78 is 0. The quantitative estimate of drug-likeness (QED) is 0.869. The molecule has 5 nitrogen and oxygen atoms in total. The Morgan fingerprint density at radius 3 is 2.90 bits per heavy atom. The summed E-state index contributed by atoms with van der Waals surface area (Å²) in [6, 6.07) is 3.95. The highest BCUT2D eigenvalue weighted by molar-refractivity contribution is 5.95. The molecule has 1 aromatic heterocycles. The van der Waals surface area contributed by atoms with E-state index in [-0.39, 0.29) is 11.9 Å². The molecule has 0 spiro atoms. The molecule has 1 aromatic rings. The molecule has 1 amide bonds. The van der Waals surface area contributed by atoms with Gasteiger partial charge in [-0.3, -0.25) is 4.79 Å². The maximum Gasteiger partial charge on any atom is 0.251 e. The van der Waals surface area contributed by atoms with Gasteiger partial charge in [0.1, 0.15) is 5.82 Å². The van der Waals surface area contributed by atoms with Gasteiger partial charge in [-0.05, 0) is 44.5 Å². The Labute approximate surface area is 127 Å². The number of carbonyl (C=O) groups excluding carboxylic acids is 1. The van der Waals surface area contributed by atoms with Gasteiger partial charge in [0.2, 0.25) is 0 Å². The number of nitrogens with zero attached hydrogens (tertiary/aromatic N) is 2. The minimum atomic E-state index is 0.00607. The highest BCUT2D eigenvalue weighted by Crippen LogP contribution is 2.13. The lowest BCUT2D eigenvalue weighted by Gasteiger charge is -2.32. The average molecular weight is 290 g/mol. The number of piperidine rings is 1. The highest BCUT2D eigenvalue weighted by Gasteiger charge is 2.21. The fourth-order valence-electron chi connectivity index (χ4n) is 2.76. The van der Waals surface area contributed by atoms with Gasteiger partial charge < -0.3 is 15.5 Å². The van der Waals surface area contributed by atoms with Crippen LogP contribution in [-0.4, -0.2) is 48.5 Å². The van der Waals surface area contributed by atoms with E-state index in [4.69, 9.17) is 0 Å². The van der Waals surface area contributed by atoms with Gasteiger partial charge in [-0.2, -0.15) is 0 Å². The summed E-state index contributed by atoms with van der Waals surface area (Å²) >= 11 is 0. The zero-order chi connectivity index (χ0) is 15.2. The number of carbonyl (C=O) groups is 1. The topological polar surface area (TPSA) is 57.3 Å². The molecule has 5 heteroatoms. The van der Waals surface area contributed by atoms with E-state index >= 15 is 0 Å². The molecule has 2 heterocycles. The van der Waals surface area contributed by atoms with Gasteiger partial charge in [0.15, 0.2) is 0 Å². The van der Waals surface area contributed by atoms with Crippen molar-refractivity contribution in [2.75, 3.05) is 32.0 Å². The van der Waals surface area contributed by atoms with Crippen LogP contribution in [0.25, 0.3) is 0 Å². The maximum atomic E-state index is 12.5. The second-order valence-corrected chi connectivity index (χ2v) is 5.54. The van der Waals surface area contributed by atoms with E-state index in [0.717, 1.165) is 50.4 Å². The van der Waals surface area contributed by atoms with Crippen LogP contribution in [0.15, 0.2) is 12.1 Å². The number of anilines is 1. The molecule has 116 valence electrons. The molecular formula is C16H26N4O. The number of pyridine rings is 1. The van der Waals surface area contributed by atoms with E-state index in [0.29, 0.717) is 5.56 Å². The molecule has 21 heavy (non-hydrogen) atoms. The van der Waals surface area contributed by atoms with Gasteiger partial charge in [-0.1, -0.05) is 13.8 Å². The van der Waals surface area contributed by atoms with Crippen molar-refractivity contribution in [2.45, 2.75) is 39.2 Å².